The normalized spacial score (nSPS) is 19.9. The highest BCUT2D eigenvalue weighted by Crippen LogP contribution is 2.48. The molecule has 2 aliphatic rings. The van der Waals surface area contributed by atoms with E-state index in [1.165, 1.54) is 36.8 Å². The van der Waals surface area contributed by atoms with Crippen LogP contribution in [0.4, 0.5) is 0 Å². The highest BCUT2D eigenvalue weighted by atomic mass is 16.5. The molecule has 1 fully saturated rings. The lowest BCUT2D eigenvalue weighted by molar-refractivity contribution is -0.143. The van der Waals surface area contributed by atoms with Crippen LogP contribution in [-0.4, -0.2) is 12.6 Å². The van der Waals surface area contributed by atoms with E-state index in [-0.39, 0.29) is 5.97 Å². The molecular formula is C17H26O2. The Labute approximate surface area is 116 Å². The maximum absolute atomic E-state index is 11.9. The van der Waals surface area contributed by atoms with Crippen molar-refractivity contribution >= 4 is 5.97 Å². The fourth-order valence-electron chi connectivity index (χ4n) is 3.80. The second-order valence-corrected chi connectivity index (χ2v) is 5.48. The number of fused-ring (bicyclic) bond motifs is 1. The van der Waals surface area contributed by atoms with Gasteiger partial charge in [0.05, 0.1) is 13.0 Å². The summed E-state index contributed by atoms with van der Waals surface area (Å²) in [4.78, 5) is 11.9. The van der Waals surface area contributed by atoms with Gasteiger partial charge in [0.25, 0.3) is 0 Å². The van der Waals surface area contributed by atoms with Gasteiger partial charge in [0.2, 0.25) is 0 Å². The zero-order chi connectivity index (χ0) is 13.8. The van der Waals surface area contributed by atoms with Gasteiger partial charge in [0, 0.05) is 5.92 Å². The number of ether oxygens (including phenoxy) is 1. The zero-order valence-corrected chi connectivity index (χ0v) is 12.6. The third-order valence-electron chi connectivity index (χ3n) is 4.52. The Hall–Kier alpha value is -1.05. The second kappa shape index (κ2) is 6.40. The van der Waals surface area contributed by atoms with Crippen LogP contribution in [0.5, 0.6) is 0 Å². The van der Waals surface area contributed by atoms with E-state index >= 15 is 0 Å². The van der Waals surface area contributed by atoms with E-state index in [0.717, 1.165) is 12.8 Å². The first-order valence-corrected chi connectivity index (χ1v) is 7.82. The zero-order valence-electron chi connectivity index (χ0n) is 12.6. The summed E-state index contributed by atoms with van der Waals surface area (Å²) in [6, 6.07) is 0. The molecule has 2 rings (SSSR count). The Bertz CT molecular complexity index is 385. The minimum Gasteiger partial charge on any atom is -0.466 e. The average Bonchev–Trinajstić information content (AvgIpc) is 2.71. The van der Waals surface area contributed by atoms with Crippen LogP contribution in [0.1, 0.15) is 65.7 Å². The highest BCUT2D eigenvalue weighted by Gasteiger charge is 2.33. The number of allylic oxidation sites excluding steroid dienone is 4. The minimum absolute atomic E-state index is 0.0377. The van der Waals surface area contributed by atoms with E-state index in [1.54, 1.807) is 11.1 Å². The van der Waals surface area contributed by atoms with E-state index in [0.29, 0.717) is 18.9 Å². The summed E-state index contributed by atoms with van der Waals surface area (Å²) in [6.45, 7) is 6.82. The molecule has 0 aliphatic heterocycles. The van der Waals surface area contributed by atoms with Gasteiger partial charge in [-0.25, -0.2) is 0 Å². The molecule has 0 aromatic carbocycles. The van der Waals surface area contributed by atoms with Gasteiger partial charge in [0.15, 0.2) is 0 Å². The third-order valence-corrected chi connectivity index (χ3v) is 4.52. The van der Waals surface area contributed by atoms with Gasteiger partial charge in [-0.15, -0.1) is 0 Å². The van der Waals surface area contributed by atoms with Crippen molar-refractivity contribution in [2.24, 2.45) is 5.92 Å². The maximum Gasteiger partial charge on any atom is 0.306 e. The van der Waals surface area contributed by atoms with Crippen molar-refractivity contribution in [2.45, 2.75) is 65.7 Å². The van der Waals surface area contributed by atoms with E-state index in [9.17, 15) is 4.79 Å². The Morgan fingerprint density at radius 2 is 1.58 bits per heavy atom. The van der Waals surface area contributed by atoms with Gasteiger partial charge in [0.1, 0.15) is 0 Å². The molecule has 0 bridgehead atoms. The van der Waals surface area contributed by atoms with Gasteiger partial charge >= 0.3 is 5.97 Å². The number of carbonyl (C=O) groups excluding carboxylic acids is 1. The van der Waals surface area contributed by atoms with E-state index in [1.807, 2.05) is 6.92 Å². The minimum atomic E-state index is -0.0377. The summed E-state index contributed by atoms with van der Waals surface area (Å²) in [6.07, 6.45) is 7.77. The van der Waals surface area contributed by atoms with Crippen molar-refractivity contribution < 1.29 is 9.53 Å². The molecule has 0 amide bonds. The molecule has 0 aromatic rings. The third kappa shape index (κ3) is 2.77. The van der Waals surface area contributed by atoms with Crippen molar-refractivity contribution in [3.63, 3.8) is 0 Å². The van der Waals surface area contributed by atoms with Crippen LogP contribution in [0.15, 0.2) is 22.3 Å². The highest BCUT2D eigenvalue weighted by molar-refractivity contribution is 5.72. The van der Waals surface area contributed by atoms with Crippen molar-refractivity contribution in [3.05, 3.63) is 22.3 Å². The predicted octanol–water partition coefficient (Wildman–Crippen LogP) is 4.56. The summed E-state index contributed by atoms with van der Waals surface area (Å²) in [5.41, 5.74) is 6.25. The van der Waals surface area contributed by atoms with Gasteiger partial charge < -0.3 is 4.74 Å². The Morgan fingerprint density at radius 1 is 1.05 bits per heavy atom. The van der Waals surface area contributed by atoms with Crippen molar-refractivity contribution in [2.75, 3.05) is 6.61 Å². The molecule has 1 saturated carbocycles. The van der Waals surface area contributed by atoms with Crippen LogP contribution >= 0.6 is 0 Å². The molecule has 0 saturated heterocycles. The maximum atomic E-state index is 11.9. The Morgan fingerprint density at radius 3 is 2.00 bits per heavy atom. The number of hydrogen-bond acceptors (Lipinski definition) is 2. The molecular weight excluding hydrogens is 236 g/mol. The molecule has 2 nitrogen and oxygen atoms in total. The first-order chi connectivity index (χ1) is 9.22. The van der Waals surface area contributed by atoms with E-state index in [2.05, 4.69) is 13.8 Å². The second-order valence-electron chi connectivity index (χ2n) is 5.48. The summed E-state index contributed by atoms with van der Waals surface area (Å²) in [7, 11) is 0. The van der Waals surface area contributed by atoms with E-state index in [4.69, 9.17) is 4.74 Å². The Balaban J connectivity index is 2.26. The van der Waals surface area contributed by atoms with Gasteiger partial charge in [-0.3, -0.25) is 4.79 Å². The van der Waals surface area contributed by atoms with Gasteiger partial charge in [-0.2, -0.15) is 0 Å². The van der Waals surface area contributed by atoms with Gasteiger partial charge in [-0.05, 0) is 56.6 Å². The van der Waals surface area contributed by atoms with Gasteiger partial charge in [-0.1, -0.05) is 25.0 Å². The number of carbonyl (C=O) groups is 1. The molecule has 19 heavy (non-hydrogen) atoms. The van der Waals surface area contributed by atoms with Crippen molar-refractivity contribution in [1.82, 2.24) is 0 Å². The van der Waals surface area contributed by atoms with E-state index < -0.39 is 0 Å². The summed E-state index contributed by atoms with van der Waals surface area (Å²) in [5.74, 6) is 0.307. The largest absolute Gasteiger partial charge is 0.466 e. The van der Waals surface area contributed by atoms with Crippen LogP contribution in [0.3, 0.4) is 0 Å². The molecule has 0 radical (unpaired) electrons. The Kier molecular flexibility index (Phi) is 4.84. The molecule has 0 unspecified atom stereocenters. The fraction of sp³-hybridized carbons (Fsp3) is 0.706. The number of rotatable bonds is 5. The topological polar surface area (TPSA) is 26.3 Å². The quantitative estimate of drug-likeness (QED) is 0.679. The summed E-state index contributed by atoms with van der Waals surface area (Å²) in [5, 5.41) is 0. The monoisotopic (exact) mass is 262 g/mol. The molecule has 2 heteroatoms. The van der Waals surface area contributed by atoms with Crippen LogP contribution in [0, 0.1) is 5.92 Å². The SMILES string of the molecule is CCOC(=O)CC1C(CC)=C2CCCCC2=C1CC. The number of hydrogen-bond donors (Lipinski definition) is 0. The lowest BCUT2D eigenvalue weighted by atomic mass is 9.88. The van der Waals surface area contributed by atoms with Crippen molar-refractivity contribution in [1.29, 1.82) is 0 Å². The molecule has 106 valence electrons. The molecule has 0 heterocycles. The summed E-state index contributed by atoms with van der Waals surface area (Å²) < 4.78 is 5.16. The smallest absolute Gasteiger partial charge is 0.306 e. The molecule has 0 aromatic heterocycles. The molecule has 0 atom stereocenters. The fourth-order valence-corrected chi connectivity index (χ4v) is 3.80. The average molecular weight is 262 g/mol. The van der Waals surface area contributed by atoms with Crippen LogP contribution in [0.2, 0.25) is 0 Å². The lowest BCUT2D eigenvalue weighted by Gasteiger charge is -2.17. The molecule has 0 spiro atoms. The molecule has 0 N–H and O–H groups in total. The number of esters is 1. The van der Waals surface area contributed by atoms with Crippen LogP contribution in [0.25, 0.3) is 0 Å². The standard InChI is InChI=1S/C17H26O2/c1-4-12-14-9-7-8-10-15(14)13(5-2)16(12)11-17(18)19-6-3/h16H,4-11H2,1-3H3. The predicted molar refractivity (Wildman–Crippen MR) is 77.8 cm³/mol. The first-order valence-electron chi connectivity index (χ1n) is 7.82. The lowest BCUT2D eigenvalue weighted by Crippen LogP contribution is -2.14. The first kappa shape index (κ1) is 14.4. The van der Waals surface area contributed by atoms with Crippen LogP contribution in [-0.2, 0) is 9.53 Å². The molecule has 2 aliphatic carbocycles. The van der Waals surface area contributed by atoms with Crippen LogP contribution < -0.4 is 0 Å². The van der Waals surface area contributed by atoms with Crippen molar-refractivity contribution in [3.8, 4) is 0 Å². The summed E-state index contributed by atoms with van der Waals surface area (Å²) >= 11 is 0.